The van der Waals surface area contributed by atoms with Gasteiger partial charge in [-0.2, -0.15) is 0 Å². The van der Waals surface area contributed by atoms with E-state index in [0.29, 0.717) is 19.4 Å². The number of alkyl carbamates (subject to hydrolysis) is 1. The molecular weight excluding hydrogens is 444 g/mol. The number of ether oxygens (including phenoxy) is 1. The van der Waals surface area contributed by atoms with Crippen LogP contribution in [0.2, 0.25) is 0 Å². The van der Waals surface area contributed by atoms with Crippen LogP contribution in [0.4, 0.5) is 4.79 Å². The zero-order chi connectivity index (χ0) is 25.1. The van der Waals surface area contributed by atoms with E-state index in [1.165, 1.54) is 0 Å². The van der Waals surface area contributed by atoms with Crippen LogP contribution >= 0.6 is 0 Å². The van der Waals surface area contributed by atoms with Gasteiger partial charge in [0.25, 0.3) is 0 Å². The van der Waals surface area contributed by atoms with Gasteiger partial charge in [-0.15, -0.1) is 0 Å². The number of benzene rings is 2. The molecule has 0 heterocycles. The number of rotatable bonds is 10. The Morgan fingerprint density at radius 2 is 1.66 bits per heavy atom. The Kier molecular flexibility index (Phi) is 7.15. The van der Waals surface area contributed by atoms with E-state index >= 15 is 0 Å². The van der Waals surface area contributed by atoms with Gasteiger partial charge in [0, 0.05) is 12.5 Å². The fraction of sp³-hybridized carbons (Fsp3) is 0.464. The third-order valence-electron chi connectivity index (χ3n) is 7.54. The number of carbonyl (C=O) groups excluding carboxylic acids is 2. The number of carboxylic acids is 1. The van der Waals surface area contributed by atoms with E-state index in [0.717, 1.165) is 41.5 Å². The average molecular weight is 479 g/mol. The molecule has 1 saturated carbocycles. The van der Waals surface area contributed by atoms with Crippen LogP contribution in [-0.4, -0.2) is 41.8 Å². The Labute approximate surface area is 206 Å². The molecule has 2 aliphatic carbocycles. The summed E-state index contributed by atoms with van der Waals surface area (Å²) in [7, 11) is 0. The molecule has 7 heteroatoms. The van der Waals surface area contributed by atoms with Crippen molar-refractivity contribution in [2.45, 2.75) is 63.8 Å². The number of carboxylic acid groups (broad SMARTS) is 1. The standard InChI is InChI=1S/C28H34N2O5/c1-3-13-27(2,25(33)29-18-28(14-8-15-28)16-24(31)32)30-26(34)35-17-23-21-11-6-4-9-19(21)20-10-5-7-12-22(20)23/h4-7,9-12,23H,3,8,13-18H2,1-2H3,(H,29,33)(H,30,34)(H,31,32). The summed E-state index contributed by atoms with van der Waals surface area (Å²) >= 11 is 0. The van der Waals surface area contributed by atoms with Crippen molar-refractivity contribution in [1.82, 2.24) is 10.6 Å². The minimum absolute atomic E-state index is 0.0393. The van der Waals surface area contributed by atoms with Crippen molar-refractivity contribution >= 4 is 18.0 Å². The van der Waals surface area contributed by atoms with Gasteiger partial charge in [-0.1, -0.05) is 68.3 Å². The van der Waals surface area contributed by atoms with Crippen molar-refractivity contribution < 1.29 is 24.2 Å². The summed E-state index contributed by atoms with van der Waals surface area (Å²) in [6, 6.07) is 16.3. The lowest BCUT2D eigenvalue weighted by Crippen LogP contribution is -2.58. The highest BCUT2D eigenvalue weighted by Gasteiger charge is 2.41. The maximum absolute atomic E-state index is 13.1. The zero-order valence-corrected chi connectivity index (χ0v) is 20.4. The van der Waals surface area contributed by atoms with Gasteiger partial charge in [0.1, 0.15) is 12.1 Å². The second kappa shape index (κ2) is 10.1. The van der Waals surface area contributed by atoms with Gasteiger partial charge in [-0.25, -0.2) is 4.79 Å². The van der Waals surface area contributed by atoms with Gasteiger partial charge in [-0.3, -0.25) is 9.59 Å². The van der Waals surface area contributed by atoms with Gasteiger partial charge in [-0.05, 0) is 53.9 Å². The van der Waals surface area contributed by atoms with E-state index in [1.807, 2.05) is 31.2 Å². The van der Waals surface area contributed by atoms with Crippen molar-refractivity contribution in [3.63, 3.8) is 0 Å². The Bertz CT molecular complexity index is 1060. The lowest BCUT2D eigenvalue weighted by Gasteiger charge is -2.41. The molecule has 0 radical (unpaired) electrons. The fourth-order valence-corrected chi connectivity index (χ4v) is 5.47. The van der Waals surface area contributed by atoms with Gasteiger partial charge in [0.2, 0.25) is 5.91 Å². The minimum Gasteiger partial charge on any atom is -0.481 e. The molecule has 35 heavy (non-hydrogen) atoms. The molecule has 4 rings (SSSR count). The van der Waals surface area contributed by atoms with E-state index in [4.69, 9.17) is 4.74 Å². The Morgan fingerprint density at radius 3 is 2.17 bits per heavy atom. The van der Waals surface area contributed by atoms with E-state index in [2.05, 4.69) is 34.9 Å². The molecule has 1 atom stereocenters. The average Bonchev–Trinajstić information content (AvgIpc) is 3.13. The van der Waals surface area contributed by atoms with Gasteiger partial charge in [0.15, 0.2) is 0 Å². The molecule has 0 aromatic heterocycles. The van der Waals surface area contributed by atoms with E-state index < -0.39 is 23.0 Å². The van der Waals surface area contributed by atoms with E-state index in [-0.39, 0.29) is 24.9 Å². The van der Waals surface area contributed by atoms with Crippen LogP contribution in [0.3, 0.4) is 0 Å². The van der Waals surface area contributed by atoms with E-state index in [1.54, 1.807) is 6.92 Å². The highest BCUT2D eigenvalue weighted by molar-refractivity contribution is 5.89. The molecule has 1 fully saturated rings. The summed E-state index contributed by atoms with van der Waals surface area (Å²) < 4.78 is 5.65. The second-order valence-electron chi connectivity index (χ2n) is 10.1. The van der Waals surface area contributed by atoms with Gasteiger partial charge >= 0.3 is 12.1 Å². The molecule has 0 bridgehead atoms. The van der Waals surface area contributed by atoms with Crippen LogP contribution in [-0.2, 0) is 14.3 Å². The third kappa shape index (κ3) is 5.19. The summed E-state index contributed by atoms with van der Waals surface area (Å²) in [4.78, 5) is 37.2. The maximum atomic E-state index is 13.1. The summed E-state index contributed by atoms with van der Waals surface area (Å²) in [6.07, 6.45) is 3.06. The number of carbonyl (C=O) groups is 3. The highest BCUT2D eigenvalue weighted by Crippen LogP contribution is 2.45. The molecule has 1 unspecified atom stereocenters. The molecular formula is C28H34N2O5. The Hall–Kier alpha value is -3.35. The number of hydrogen-bond acceptors (Lipinski definition) is 4. The second-order valence-corrected chi connectivity index (χ2v) is 10.1. The SMILES string of the molecule is CCCC(C)(NC(=O)OCC1c2ccccc2-c2ccccc21)C(=O)NCC1(CC(=O)O)CCC1. The molecule has 0 saturated heterocycles. The van der Waals surface area contributed by atoms with Crippen LogP contribution in [0, 0.1) is 5.41 Å². The number of amides is 2. The van der Waals surface area contributed by atoms with Crippen LogP contribution in [0.1, 0.15) is 69.4 Å². The van der Waals surface area contributed by atoms with Crippen molar-refractivity contribution in [3.05, 3.63) is 59.7 Å². The number of aliphatic carboxylic acids is 1. The summed E-state index contributed by atoms with van der Waals surface area (Å²) in [6.45, 7) is 4.11. The van der Waals surface area contributed by atoms with Crippen molar-refractivity contribution in [2.75, 3.05) is 13.2 Å². The molecule has 3 N–H and O–H groups in total. The summed E-state index contributed by atoms with van der Waals surface area (Å²) in [5, 5.41) is 14.9. The quantitative estimate of drug-likeness (QED) is 0.453. The van der Waals surface area contributed by atoms with Crippen LogP contribution in [0.5, 0.6) is 0 Å². The molecule has 2 aromatic carbocycles. The maximum Gasteiger partial charge on any atom is 0.408 e. The molecule has 2 aliphatic rings. The highest BCUT2D eigenvalue weighted by atomic mass is 16.5. The monoisotopic (exact) mass is 478 g/mol. The van der Waals surface area contributed by atoms with Crippen molar-refractivity contribution in [2.24, 2.45) is 5.41 Å². The molecule has 186 valence electrons. The first-order valence-corrected chi connectivity index (χ1v) is 12.4. The molecule has 2 aromatic rings. The molecule has 0 aliphatic heterocycles. The number of fused-ring (bicyclic) bond motifs is 3. The topological polar surface area (TPSA) is 105 Å². The largest absolute Gasteiger partial charge is 0.481 e. The molecule has 7 nitrogen and oxygen atoms in total. The minimum atomic E-state index is -1.15. The molecule has 0 spiro atoms. The lowest BCUT2D eigenvalue weighted by molar-refractivity contribution is -0.142. The van der Waals surface area contributed by atoms with Gasteiger partial charge in [0.05, 0.1) is 6.42 Å². The number of hydrogen-bond donors (Lipinski definition) is 3. The summed E-state index contributed by atoms with van der Waals surface area (Å²) in [5.41, 5.74) is 3.01. The number of nitrogens with one attached hydrogen (secondary N) is 2. The fourth-order valence-electron chi connectivity index (χ4n) is 5.47. The first kappa shape index (κ1) is 24.8. The zero-order valence-electron chi connectivity index (χ0n) is 20.4. The van der Waals surface area contributed by atoms with Crippen LogP contribution < -0.4 is 10.6 Å². The predicted molar refractivity (Wildman–Crippen MR) is 133 cm³/mol. The van der Waals surface area contributed by atoms with Crippen LogP contribution in [0.25, 0.3) is 11.1 Å². The Balaban J connectivity index is 1.39. The van der Waals surface area contributed by atoms with Crippen molar-refractivity contribution in [1.29, 1.82) is 0 Å². The van der Waals surface area contributed by atoms with Crippen molar-refractivity contribution in [3.8, 4) is 11.1 Å². The van der Waals surface area contributed by atoms with E-state index in [9.17, 15) is 19.5 Å². The smallest absolute Gasteiger partial charge is 0.408 e. The summed E-state index contributed by atoms with van der Waals surface area (Å²) in [5.74, 6) is -1.23. The third-order valence-corrected chi connectivity index (χ3v) is 7.54. The van der Waals surface area contributed by atoms with Gasteiger partial charge < -0.3 is 20.5 Å². The van der Waals surface area contributed by atoms with Crippen LogP contribution in [0.15, 0.2) is 48.5 Å². The first-order chi connectivity index (χ1) is 16.8. The normalized spacial score (nSPS) is 17.3. The molecule has 2 amide bonds. The predicted octanol–water partition coefficient (Wildman–Crippen LogP) is 4.85. The Morgan fingerprint density at radius 1 is 1.06 bits per heavy atom. The lowest BCUT2D eigenvalue weighted by atomic mass is 9.66. The first-order valence-electron chi connectivity index (χ1n) is 12.4.